The van der Waals surface area contributed by atoms with Crippen molar-refractivity contribution in [1.29, 1.82) is 0 Å². The van der Waals surface area contributed by atoms with Crippen LogP contribution >= 0.6 is 11.8 Å². The van der Waals surface area contributed by atoms with Crippen LogP contribution in [0.5, 0.6) is 0 Å². The number of benzene rings is 1. The fourth-order valence-electron chi connectivity index (χ4n) is 3.27. The van der Waals surface area contributed by atoms with Gasteiger partial charge in [-0.05, 0) is 50.1 Å². The third-order valence-electron chi connectivity index (χ3n) is 4.70. The number of rotatable bonds is 6. The Labute approximate surface area is 162 Å². The Morgan fingerprint density at radius 1 is 1.26 bits per heavy atom. The fourth-order valence-corrected chi connectivity index (χ4v) is 4.16. The highest BCUT2D eigenvalue weighted by atomic mass is 32.2. The number of para-hydroxylation sites is 1. The average molecular weight is 379 g/mol. The molecule has 3 aromatic rings. The first kappa shape index (κ1) is 17.9. The van der Waals surface area contributed by atoms with Crippen LogP contribution < -0.4 is 5.32 Å². The van der Waals surface area contributed by atoms with E-state index in [2.05, 4.69) is 33.5 Å². The average Bonchev–Trinajstić information content (AvgIpc) is 3.37. The van der Waals surface area contributed by atoms with E-state index in [1.54, 1.807) is 12.4 Å². The number of Topliss-reactive ketones (excluding diaryl/α,β-unsaturated/α-hetero) is 1. The molecule has 6 nitrogen and oxygen atoms in total. The number of hydrogen-bond donors (Lipinski definition) is 1. The van der Waals surface area contributed by atoms with Crippen molar-refractivity contribution >= 4 is 17.5 Å². The maximum Gasteiger partial charge on any atom is 0.196 e. The predicted molar refractivity (Wildman–Crippen MR) is 106 cm³/mol. The van der Waals surface area contributed by atoms with Gasteiger partial charge in [-0.15, -0.1) is 10.2 Å². The molecule has 1 aliphatic rings. The third kappa shape index (κ3) is 3.79. The molecule has 3 heterocycles. The van der Waals surface area contributed by atoms with Crippen molar-refractivity contribution in [3.63, 3.8) is 0 Å². The highest BCUT2D eigenvalue weighted by molar-refractivity contribution is 7.99. The van der Waals surface area contributed by atoms with E-state index in [1.165, 1.54) is 11.8 Å². The monoisotopic (exact) mass is 379 g/mol. The van der Waals surface area contributed by atoms with Crippen LogP contribution in [0.4, 0.5) is 0 Å². The van der Waals surface area contributed by atoms with E-state index >= 15 is 0 Å². The summed E-state index contributed by atoms with van der Waals surface area (Å²) in [6, 6.07) is 11.9. The molecule has 0 spiro atoms. The fraction of sp³-hybridized carbons (Fsp3) is 0.300. The van der Waals surface area contributed by atoms with Crippen molar-refractivity contribution in [3.8, 4) is 17.1 Å². The van der Waals surface area contributed by atoms with E-state index in [4.69, 9.17) is 0 Å². The summed E-state index contributed by atoms with van der Waals surface area (Å²) < 4.78 is 2.02. The number of pyridine rings is 1. The highest BCUT2D eigenvalue weighted by Crippen LogP contribution is 2.29. The van der Waals surface area contributed by atoms with Gasteiger partial charge in [0, 0.05) is 18.0 Å². The molecule has 1 N–H and O–H groups in total. The first-order valence-electron chi connectivity index (χ1n) is 9.05. The van der Waals surface area contributed by atoms with Gasteiger partial charge >= 0.3 is 0 Å². The predicted octanol–water partition coefficient (Wildman–Crippen LogP) is 3.05. The summed E-state index contributed by atoms with van der Waals surface area (Å²) in [5.41, 5.74) is 3.02. The van der Waals surface area contributed by atoms with Gasteiger partial charge in [-0.2, -0.15) is 0 Å². The number of nitrogens with one attached hydrogen (secondary N) is 1. The molecule has 0 radical (unpaired) electrons. The molecule has 1 aromatic carbocycles. The van der Waals surface area contributed by atoms with Gasteiger partial charge in [-0.25, -0.2) is 0 Å². The van der Waals surface area contributed by atoms with Crippen LogP contribution in [0.15, 0.2) is 53.9 Å². The lowest BCUT2D eigenvalue weighted by Crippen LogP contribution is -2.32. The molecule has 2 aromatic heterocycles. The molecule has 1 fully saturated rings. The Morgan fingerprint density at radius 2 is 2.15 bits per heavy atom. The van der Waals surface area contributed by atoms with Crippen molar-refractivity contribution in [2.75, 3.05) is 12.3 Å². The van der Waals surface area contributed by atoms with Crippen molar-refractivity contribution in [2.24, 2.45) is 0 Å². The van der Waals surface area contributed by atoms with E-state index < -0.39 is 0 Å². The summed E-state index contributed by atoms with van der Waals surface area (Å²) in [4.78, 5) is 16.7. The molecule has 0 bridgehead atoms. The molecule has 1 saturated heterocycles. The maximum absolute atomic E-state index is 12.5. The van der Waals surface area contributed by atoms with Crippen molar-refractivity contribution in [1.82, 2.24) is 25.1 Å². The third-order valence-corrected chi connectivity index (χ3v) is 5.65. The molecule has 7 heteroatoms. The summed E-state index contributed by atoms with van der Waals surface area (Å²) in [5, 5.41) is 12.8. The Bertz CT molecular complexity index is 935. The molecule has 0 aliphatic carbocycles. The number of nitrogens with zero attached hydrogens (tertiary/aromatic N) is 4. The van der Waals surface area contributed by atoms with Crippen LogP contribution in [0.3, 0.4) is 0 Å². The molecule has 1 unspecified atom stereocenters. The second-order valence-corrected chi connectivity index (χ2v) is 7.52. The first-order valence-corrected chi connectivity index (χ1v) is 10.0. The molecule has 138 valence electrons. The summed E-state index contributed by atoms with van der Waals surface area (Å²) in [6.07, 6.45) is 5.50. The van der Waals surface area contributed by atoms with Crippen molar-refractivity contribution < 1.29 is 4.79 Å². The Hall–Kier alpha value is -2.51. The lowest BCUT2D eigenvalue weighted by Gasteiger charge is -2.13. The minimum Gasteiger partial charge on any atom is -0.307 e. The standard InChI is InChI=1S/C20H21N5OS/c1-14-6-2-3-9-17(14)25-19(15-7-4-10-21-12-15)23-24-20(25)27-13-18(26)16-8-5-11-22-16/h2-4,6-7,9-10,12,16,22H,5,8,11,13H2,1H3. The zero-order chi connectivity index (χ0) is 18.6. The van der Waals surface area contributed by atoms with Crippen LogP contribution in [-0.2, 0) is 4.79 Å². The van der Waals surface area contributed by atoms with Gasteiger partial charge in [-0.1, -0.05) is 30.0 Å². The van der Waals surface area contributed by atoms with Crippen LogP contribution in [0.25, 0.3) is 17.1 Å². The van der Waals surface area contributed by atoms with Crippen LogP contribution in [0.2, 0.25) is 0 Å². The van der Waals surface area contributed by atoms with Crippen molar-refractivity contribution in [2.45, 2.75) is 31.0 Å². The molecule has 1 aliphatic heterocycles. The minimum atomic E-state index is -0.0230. The number of aromatic nitrogens is 4. The quantitative estimate of drug-likeness (QED) is 0.664. The lowest BCUT2D eigenvalue weighted by atomic mass is 10.2. The van der Waals surface area contributed by atoms with Gasteiger partial charge < -0.3 is 5.32 Å². The SMILES string of the molecule is Cc1ccccc1-n1c(SCC(=O)C2CCCN2)nnc1-c1cccnc1. The van der Waals surface area contributed by atoms with Gasteiger partial charge in [0.15, 0.2) is 16.8 Å². The van der Waals surface area contributed by atoms with Gasteiger partial charge in [-0.3, -0.25) is 14.3 Å². The Kier molecular flexibility index (Phi) is 5.31. The van der Waals surface area contributed by atoms with Gasteiger partial charge in [0.25, 0.3) is 0 Å². The topological polar surface area (TPSA) is 72.7 Å². The van der Waals surface area contributed by atoms with E-state index in [0.29, 0.717) is 5.75 Å². The molecule has 1 atom stereocenters. The van der Waals surface area contributed by atoms with Crippen molar-refractivity contribution in [3.05, 3.63) is 54.4 Å². The molecular formula is C20H21N5OS. The van der Waals surface area contributed by atoms with E-state index in [9.17, 15) is 4.79 Å². The van der Waals surface area contributed by atoms with Crippen LogP contribution in [-0.4, -0.2) is 43.9 Å². The zero-order valence-corrected chi connectivity index (χ0v) is 15.9. The Balaban J connectivity index is 1.68. The zero-order valence-electron chi connectivity index (χ0n) is 15.1. The van der Waals surface area contributed by atoms with E-state index in [1.807, 2.05) is 34.9 Å². The minimum absolute atomic E-state index is 0.0230. The first-order chi connectivity index (χ1) is 13.2. The van der Waals surface area contributed by atoms with Gasteiger partial charge in [0.05, 0.1) is 17.5 Å². The summed E-state index contributed by atoms with van der Waals surface area (Å²) in [5.74, 6) is 1.33. The Morgan fingerprint density at radius 3 is 2.89 bits per heavy atom. The molecule has 0 saturated carbocycles. The second-order valence-electron chi connectivity index (χ2n) is 6.57. The summed E-state index contributed by atoms with van der Waals surface area (Å²) in [7, 11) is 0. The smallest absolute Gasteiger partial charge is 0.196 e. The number of thioether (sulfide) groups is 1. The molecular weight excluding hydrogens is 358 g/mol. The lowest BCUT2D eigenvalue weighted by molar-refractivity contribution is -0.118. The van der Waals surface area contributed by atoms with Crippen LogP contribution in [0, 0.1) is 6.92 Å². The number of carbonyl (C=O) groups is 1. The van der Waals surface area contributed by atoms with Gasteiger partial charge in [0.2, 0.25) is 0 Å². The number of carbonyl (C=O) groups excluding carboxylic acids is 1. The van der Waals surface area contributed by atoms with Crippen LogP contribution in [0.1, 0.15) is 18.4 Å². The molecule has 27 heavy (non-hydrogen) atoms. The summed E-state index contributed by atoms with van der Waals surface area (Å²) >= 11 is 1.44. The maximum atomic E-state index is 12.5. The number of ketones is 1. The highest BCUT2D eigenvalue weighted by Gasteiger charge is 2.24. The van der Waals surface area contributed by atoms with E-state index in [-0.39, 0.29) is 11.8 Å². The number of aryl methyl sites for hydroxylation is 1. The normalized spacial score (nSPS) is 16.6. The molecule has 4 rings (SSSR count). The molecule has 0 amide bonds. The second kappa shape index (κ2) is 8.02. The number of hydrogen-bond acceptors (Lipinski definition) is 6. The van der Waals surface area contributed by atoms with Gasteiger partial charge in [0.1, 0.15) is 0 Å². The summed E-state index contributed by atoms with van der Waals surface area (Å²) in [6.45, 7) is 2.98. The largest absolute Gasteiger partial charge is 0.307 e. The van der Waals surface area contributed by atoms with E-state index in [0.717, 1.165) is 47.2 Å².